The fraction of sp³-hybridized carbons (Fsp3) is 0.688. The van der Waals surface area contributed by atoms with E-state index >= 15 is 0 Å². The molecule has 0 spiro atoms. The van der Waals surface area contributed by atoms with Gasteiger partial charge in [-0.15, -0.1) is 0 Å². The molecule has 0 rings (SSSR count). The third-order valence-corrected chi connectivity index (χ3v) is 4.42. The van der Waals surface area contributed by atoms with Crippen LogP contribution in [0.2, 0.25) is 0 Å². The number of carboxylic acid groups (broad SMARTS) is 1. The van der Waals surface area contributed by atoms with Gasteiger partial charge in [0.15, 0.2) is 5.96 Å². The van der Waals surface area contributed by atoms with Crippen LogP contribution < -0.4 is 33.2 Å². The van der Waals surface area contributed by atoms with E-state index in [0.717, 1.165) is 0 Å². The van der Waals surface area contributed by atoms with Crippen LogP contribution in [0.1, 0.15) is 19.3 Å². The monoisotopic (exact) mass is 449 g/mol. The fourth-order valence-corrected chi connectivity index (χ4v) is 2.66. The number of aliphatic imine (C=N–C) groups is 1. The summed E-state index contributed by atoms with van der Waals surface area (Å²) < 4.78 is 0. The molecule has 0 saturated heterocycles. The number of carboxylic acids is 1. The lowest BCUT2D eigenvalue weighted by molar-refractivity contribution is -0.139. The number of amides is 3. The van der Waals surface area contributed by atoms with E-state index in [0.29, 0.717) is 18.7 Å². The maximum Gasteiger partial charge on any atom is 0.322 e. The fourth-order valence-electron chi connectivity index (χ4n) is 2.19. The molecule has 0 radical (unpaired) electrons. The number of carbonyl (C=O) groups excluding carboxylic acids is 3. The third-order valence-electron chi connectivity index (χ3n) is 3.78. The molecule has 172 valence electrons. The molecule has 0 heterocycles. The van der Waals surface area contributed by atoms with Crippen molar-refractivity contribution in [2.75, 3.05) is 31.7 Å². The molecular formula is C16H31N7O6S. The molecule has 3 amide bonds. The van der Waals surface area contributed by atoms with Gasteiger partial charge in [0.2, 0.25) is 17.7 Å². The van der Waals surface area contributed by atoms with E-state index in [1.54, 1.807) is 0 Å². The number of rotatable bonds is 15. The van der Waals surface area contributed by atoms with Crippen molar-refractivity contribution in [2.24, 2.45) is 22.2 Å². The van der Waals surface area contributed by atoms with Gasteiger partial charge in [0.05, 0.1) is 12.6 Å². The summed E-state index contributed by atoms with van der Waals surface area (Å²) in [6.07, 6.45) is 2.83. The Kier molecular flexibility index (Phi) is 14.0. The Bertz CT molecular complexity index is 615. The summed E-state index contributed by atoms with van der Waals surface area (Å²) in [7, 11) is 0. The van der Waals surface area contributed by atoms with E-state index in [4.69, 9.17) is 22.3 Å². The highest BCUT2D eigenvalue weighted by molar-refractivity contribution is 7.98. The number of hydrogen-bond donors (Lipinski definition) is 8. The molecule has 3 unspecified atom stereocenters. The van der Waals surface area contributed by atoms with Crippen LogP contribution in [0.15, 0.2) is 4.99 Å². The van der Waals surface area contributed by atoms with E-state index in [2.05, 4.69) is 20.9 Å². The molecule has 0 bridgehead atoms. The summed E-state index contributed by atoms with van der Waals surface area (Å²) >= 11 is 1.45. The van der Waals surface area contributed by atoms with E-state index < -0.39 is 55.0 Å². The predicted molar refractivity (Wildman–Crippen MR) is 112 cm³/mol. The molecular weight excluding hydrogens is 418 g/mol. The summed E-state index contributed by atoms with van der Waals surface area (Å²) in [6.45, 7) is -1.10. The molecule has 3 atom stereocenters. The summed E-state index contributed by atoms with van der Waals surface area (Å²) in [6, 6.07) is -3.25. The number of aliphatic hydroxyl groups is 1. The number of carbonyl (C=O) groups is 4. The Morgan fingerprint density at radius 1 is 1.03 bits per heavy atom. The lowest BCUT2D eigenvalue weighted by atomic mass is 10.1. The second kappa shape index (κ2) is 15.3. The van der Waals surface area contributed by atoms with Crippen molar-refractivity contribution in [1.29, 1.82) is 0 Å². The van der Waals surface area contributed by atoms with Crippen molar-refractivity contribution >= 4 is 41.4 Å². The van der Waals surface area contributed by atoms with Crippen molar-refractivity contribution in [2.45, 2.75) is 37.4 Å². The minimum atomic E-state index is -1.36. The zero-order valence-corrected chi connectivity index (χ0v) is 17.6. The van der Waals surface area contributed by atoms with Gasteiger partial charge in [-0.25, -0.2) is 0 Å². The number of hydrogen-bond acceptors (Lipinski definition) is 8. The molecule has 30 heavy (non-hydrogen) atoms. The van der Waals surface area contributed by atoms with E-state index in [1.165, 1.54) is 11.8 Å². The molecule has 0 aliphatic heterocycles. The maximum absolute atomic E-state index is 12.5. The SMILES string of the molecule is CSCCC(NC(=O)C(N)CCCN=C(N)N)C(=O)NC(CO)C(=O)NCC(=O)O. The molecule has 0 aliphatic rings. The lowest BCUT2D eigenvalue weighted by Crippen LogP contribution is -2.57. The number of guanidine groups is 1. The zero-order valence-electron chi connectivity index (χ0n) is 16.8. The normalized spacial score (nSPS) is 13.4. The highest BCUT2D eigenvalue weighted by atomic mass is 32.2. The first-order valence-corrected chi connectivity index (χ1v) is 10.5. The minimum absolute atomic E-state index is 0.0624. The Morgan fingerprint density at radius 3 is 2.20 bits per heavy atom. The van der Waals surface area contributed by atoms with E-state index in [1.807, 2.05) is 6.26 Å². The number of thioether (sulfide) groups is 1. The molecule has 0 aliphatic carbocycles. The van der Waals surface area contributed by atoms with Crippen molar-refractivity contribution in [1.82, 2.24) is 16.0 Å². The number of nitrogens with zero attached hydrogens (tertiary/aromatic N) is 1. The Hall–Kier alpha value is -2.58. The van der Waals surface area contributed by atoms with Gasteiger partial charge in [-0.3, -0.25) is 24.2 Å². The zero-order chi connectivity index (χ0) is 23.1. The summed E-state index contributed by atoms with van der Waals surface area (Å²) in [5, 5.41) is 24.8. The average molecular weight is 450 g/mol. The van der Waals surface area contributed by atoms with Gasteiger partial charge in [-0.1, -0.05) is 0 Å². The quantitative estimate of drug-likeness (QED) is 0.0691. The number of aliphatic hydroxyl groups excluding tert-OH is 1. The first kappa shape index (κ1) is 27.4. The van der Waals surface area contributed by atoms with Gasteiger partial charge in [0.25, 0.3) is 0 Å². The second-order valence-corrected chi connectivity index (χ2v) is 7.24. The van der Waals surface area contributed by atoms with Crippen LogP contribution in [0.4, 0.5) is 0 Å². The standard InChI is InChI=1S/C16H31N7O6S/c1-30-6-4-10(22-13(27)9(17)3-2-5-20-16(18)19)15(29)23-11(8-24)14(28)21-7-12(25)26/h9-11,24H,2-8,17H2,1H3,(H,21,28)(H,22,27)(H,23,29)(H,25,26)(H4,18,19,20). The van der Waals surface area contributed by atoms with Gasteiger partial charge in [0, 0.05) is 6.54 Å². The Balaban J connectivity index is 4.87. The molecule has 0 saturated carbocycles. The van der Waals surface area contributed by atoms with Crippen LogP contribution in [-0.4, -0.2) is 89.7 Å². The average Bonchev–Trinajstić information content (AvgIpc) is 2.69. The predicted octanol–water partition coefficient (Wildman–Crippen LogP) is -3.72. The van der Waals surface area contributed by atoms with Gasteiger partial charge in [-0.05, 0) is 31.3 Å². The van der Waals surface area contributed by atoms with Crippen molar-refractivity contribution < 1.29 is 29.4 Å². The molecule has 0 aromatic heterocycles. The summed E-state index contributed by atoms with van der Waals surface area (Å²) in [5.41, 5.74) is 16.3. The lowest BCUT2D eigenvalue weighted by Gasteiger charge is -2.23. The second-order valence-electron chi connectivity index (χ2n) is 6.25. The van der Waals surface area contributed by atoms with Gasteiger partial charge < -0.3 is 43.4 Å². The molecule has 0 aromatic rings. The van der Waals surface area contributed by atoms with Crippen molar-refractivity contribution in [3.63, 3.8) is 0 Å². The first-order valence-electron chi connectivity index (χ1n) is 9.13. The van der Waals surface area contributed by atoms with E-state index in [9.17, 15) is 24.3 Å². The topological polar surface area (TPSA) is 235 Å². The van der Waals surface area contributed by atoms with Gasteiger partial charge in [-0.2, -0.15) is 11.8 Å². The smallest absolute Gasteiger partial charge is 0.322 e. The van der Waals surface area contributed by atoms with Crippen LogP contribution in [0.5, 0.6) is 0 Å². The van der Waals surface area contributed by atoms with E-state index in [-0.39, 0.29) is 18.8 Å². The molecule has 0 aromatic carbocycles. The van der Waals surface area contributed by atoms with Crippen LogP contribution in [0, 0.1) is 0 Å². The van der Waals surface area contributed by atoms with Crippen molar-refractivity contribution in [3.8, 4) is 0 Å². The van der Waals surface area contributed by atoms with Gasteiger partial charge in [0.1, 0.15) is 18.6 Å². The number of nitrogens with one attached hydrogen (secondary N) is 3. The highest BCUT2D eigenvalue weighted by Crippen LogP contribution is 2.04. The molecule has 14 heteroatoms. The van der Waals surface area contributed by atoms with Crippen LogP contribution in [-0.2, 0) is 19.2 Å². The molecule has 11 N–H and O–H groups in total. The Morgan fingerprint density at radius 2 is 1.67 bits per heavy atom. The summed E-state index contributed by atoms with van der Waals surface area (Å²) in [5.74, 6) is -2.92. The molecule has 0 fully saturated rings. The Labute approximate surface area is 178 Å². The largest absolute Gasteiger partial charge is 0.480 e. The first-order chi connectivity index (χ1) is 14.1. The van der Waals surface area contributed by atoms with Crippen LogP contribution in [0.3, 0.4) is 0 Å². The number of nitrogens with two attached hydrogens (primary N) is 3. The third kappa shape index (κ3) is 12.1. The van der Waals surface area contributed by atoms with Crippen LogP contribution >= 0.6 is 11.8 Å². The maximum atomic E-state index is 12.5. The number of aliphatic carboxylic acids is 1. The molecule has 13 nitrogen and oxygen atoms in total. The summed E-state index contributed by atoms with van der Waals surface area (Å²) in [4.78, 5) is 51.0. The van der Waals surface area contributed by atoms with Crippen molar-refractivity contribution in [3.05, 3.63) is 0 Å². The van der Waals surface area contributed by atoms with Crippen LogP contribution in [0.25, 0.3) is 0 Å². The highest BCUT2D eigenvalue weighted by Gasteiger charge is 2.27. The minimum Gasteiger partial charge on any atom is -0.480 e. The van der Waals surface area contributed by atoms with Gasteiger partial charge >= 0.3 is 5.97 Å².